The first-order chi connectivity index (χ1) is 35.7. The van der Waals surface area contributed by atoms with Gasteiger partial charge in [-0.25, -0.2) is 0 Å². The Kier molecular flexibility index (Phi) is 49.3. The van der Waals surface area contributed by atoms with Crippen molar-refractivity contribution < 1.29 is 85.9 Å². The predicted molar refractivity (Wildman–Crippen MR) is 257 cm³/mol. The summed E-state index contributed by atoms with van der Waals surface area (Å²) in [7, 11) is 0. The number of carbonyl (C=O) groups excluding carboxylic acids is 4. The number of amides is 4. The van der Waals surface area contributed by atoms with E-state index >= 15 is 0 Å². The molecule has 0 aromatic heterocycles. The SMILES string of the molecule is [N-]=[N+]=NCCOCCOCCOCCNC(=O)CCOCC(COCCC(=O)NCCOCCOCCOCCN=[N+]=[N-])(COCCC(=O)NCCOCCOCCOCCN=[N+]=[N-])NC(=O)CCCC(=O)O. The zero-order chi connectivity index (χ0) is 53.4. The Hall–Kier alpha value is -5.20. The number of hydrogen-bond acceptors (Lipinski definition) is 20. The van der Waals surface area contributed by atoms with E-state index < -0.39 is 17.4 Å². The second kappa shape index (κ2) is 53.1. The highest BCUT2D eigenvalue weighted by Gasteiger charge is 2.34. The average Bonchev–Trinajstić information content (AvgIpc) is 3.37. The molecule has 0 aliphatic rings. The molecule has 0 atom stereocenters. The number of nitrogens with zero attached hydrogens (tertiary/aromatic N) is 9. The van der Waals surface area contributed by atoms with Crippen LogP contribution in [0.3, 0.4) is 0 Å². The summed E-state index contributed by atoms with van der Waals surface area (Å²) >= 11 is 0. The van der Waals surface area contributed by atoms with Crippen molar-refractivity contribution in [2.45, 2.75) is 44.1 Å². The fourth-order valence-electron chi connectivity index (χ4n) is 5.42. The summed E-state index contributed by atoms with van der Waals surface area (Å²) in [5.74, 6) is -2.57. The molecule has 5 N–H and O–H groups in total. The first-order valence-corrected chi connectivity index (χ1v) is 24.0. The molecule has 31 nitrogen and oxygen atoms in total. The zero-order valence-corrected chi connectivity index (χ0v) is 41.9. The predicted octanol–water partition coefficient (Wildman–Crippen LogP) is 0.745. The number of nitrogens with one attached hydrogen (secondary N) is 4. The summed E-state index contributed by atoms with van der Waals surface area (Å²) in [4.78, 5) is 70.0. The van der Waals surface area contributed by atoms with E-state index in [-0.39, 0.29) is 155 Å². The van der Waals surface area contributed by atoms with Crippen molar-refractivity contribution in [3.63, 3.8) is 0 Å². The van der Waals surface area contributed by atoms with Gasteiger partial charge in [-0.15, -0.1) is 0 Å². The fourth-order valence-corrected chi connectivity index (χ4v) is 5.42. The lowest BCUT2D eigenvalue weighted by molar-refractivity contribution is -0.137. The monoisotopic (exact) mass is 1050 g/mol. The molecular formula is C42H77N13O18. The van der Waals surface area contributed by atoms with Crippen LogP contribution in [0.15, 0.2) is 15.3 Å². The molecule has 4 amide bonds. The van der Waals surface area contributed by atoms with Gasteiger partial charge in [0, 0.05) is 86.1 Å². The third-order valence-electron chi connectivity index (χ3n) is 8.89. The lowest BCUT2D eigenvalue weighted by atomic mass is 10.0. The van der Waals surface area contributed by atoms with Gasteiger partial charge in [-0.1, -0.05) is 15.3 Å². The number of carbonyl (C=O) groups is 5. The van der Waals surface area contributed by atoms with Crippen LogP contribution < -0.4 is 21.3 Å². The molecule has 0 radical (unpaired) electrons. The van der Waals surface area contributed by atoms with Crippen LogP contribution >= 0.6 is 0 Å². The Balaban J connectivity index is 5.12. The van der Waals surface area contributed by atoms with Crippen molar-refractivity contribution in [1.29, 1.82) is 0 Å². The number of ether oxygens (including phenoxy) is 12. The molecule has 0 bridgehead atoms. The average molecular weight is 1050 g/mol. The maximum atomic E-state index is 13.2. The molecule has 0 rings (SSSR count). The van der Waals surface area contributed by atoms with Crippen LogP contribution in [0.1, 0.15) is 38.5 Å². The minimum atomic E-state index is -1.39. The van der Waals surface area contributed by atoms with Gasteiger partial charge in [0.1, 0.15) is 5.54 Å². The third kappa shape index (κ3) is 50.1. The van der Waals surface area contributed by atoms with Gasteiger partial charge >= 0.3 is 5.97 Å². The van der Waals surface area contributed by atoms with E-state index in [1.54, 1.807) is 0 Å². The van der Waals surface area contributed by atoms with Crippen LogP contribution in [0.5, 0.6) is 0 Å². The van der Waals surface area contributed by atoms with Gasteiger partial charge in [0.05, 0.1) is 159 Å². The van der Waals surface area contributed by atoms with Crippen molar-refractivity contribution in [2.75, 3.05) is 198 Å². The second-order valence-corrected chi connectivity index (χ2v) is 14.9. The highest BCUT2D eigenvalue weighted by molar-refractivity contribution is 5.78. The maximum Gasteiger partial charge on any atom is 0.303 e. The quantitative estimate of drug-likeness (QED) is 0.0243. The Morgan fingerprint density at radius 2 is 0.658 bits per heavy atom. The molecule has 31 heteroatoms. The molecule has 0 fully saturated rings. The van der Waals surface area contributed by atoms with Gasteiger partial charge < -0.3 is 83.2 Å². The van der Waals surface area contributed by atoms with E-state index in [2.05, 4.69) is 51.3 Å². The summed E-state index contributed by atoms with van der Waals surface area (Å²) < 4.78 is 66.0. The first-order valence-electron chi connectivity index (χ1n) is 24.0. The standard InChI is InChI=1S/C42H77N13O18/c43-53-49-10-19-65-25-31-68-28-22-62-16-7-46-37(56)4-13-71-34-42(52-40(59)2-1-3-41(60)61,35-72-14-5-38(57)47-8-17-63-23-29-69-32-26-66-20-11-50-54-44)36-73-15-6-39(58)48-9-18-64-24-30-70-33-27-67-21-12-51-55-45/h1-36H2,(H,46,56)(H,47,57)(H,48,58)(H,52,59)(H,60,61). The molecule has 0 aliphatic carbocycles. The van der Waals surface area contributed by atoms with Gasteiger partial charge in [0.2, 0.25) is 23.6 Å². The summed E-state index contributed by atoms with van der Waals surface area (Å²) in [5, 5.41) is 30.3. The van der Waals surface area contributed by atoms with Crippen molar-refractivity contribution in [2.24, 2.45) is 15.3 Å². The smallest absolute Gasteiger partial charge is 0.303 e. The van der Waals surface area contributed by atoms with Crippen LogP contribution in [-0.2, 0) is 80.8 Å². The Labute approximate surface area is 424 Å². The number of carboxylic acids is 1. The van der Waals surface area contributed by atoms with Crippen LogP contribution in [0.25, 0.3) is 31.3 Å². The molecule has 73 heavy (non-hydrogen) atoms. The number of aliphatic carboxylic acids is 1. The summed E-state index contributed by atoms with van der Waals surface area (Å²) in [5.41, 5.74) is 23.4. The van der Waals surface area contributed by atoms with Crippen LogP contribution in [0, 0.1) is 0 Å². The van der Waals surface area contributed by atoms with Crippen molar-refractivity contribution in [1.82, 2.24) is 21.3 Å². The third-order valence-corrected chi connectivity index (χ3v) is 8.89. The Bertz CT molecular complexity index is 1420. The highest BCUT2D eigenvalue weighted by atomic mass is 16.6. The van der Waals surface area contributed by atoms with Crippen LogP contribution in [-0.4, -0.2) is 238 Å². The number of azide groups is 3. The van der Waals surface area contributed by atoms with E-state index in [1.165, 1.54) is 0 Å². The van der Waals surface area contributed by atoms with Crippen molar-refractivity contribution in [3.8, 4) is 0 Å². The lowest BCUT2D eigenvalue weighted by Gasteiger charge is -2.34. The van der Waals surface area contributed by atoms with E-state index in [9.17, 15) is 24.0 Å². The second-order valence-electron chi connectivity index (χ2n) is 14.9. The summed E-state index contributed by atoms with van der Waals surface area (Å²) in [6, 6.07) is 0. The molecular weight excluding hydrogens is 975 g/mol. The zero-order valence-electron chi connectivity index (χ0n) is 41.9. The molecule has 0 saturated carbocycles. The summed E-state index contributed by atoms with van der Waals surface area (Å²) in [6.45, 7) is 6.02. The van der Waals surface area contributed by atoms with E-state index in [1.807, 2.05) is 0 Å². The first kappa shape index (κ1) is 67.8. The number of rotatable bonds is 56. The molecule has 0 aliphatic heterocycles. The minimum absolute atomic E-state index is 0.0482. The molecule has 0 unspecified atom stereocenters. The fraction of sp³-hybridized carbons (Fsp3) is 0.881. The molecule has 0 aromatic carbocycles. The van der Waals surface area contributed by atoms with Gasteiger partial charge in [0.25, 0.3) is 0 Å². The molecule has 418 valence electrons. The van der Waals surface area contributed by atoms with E-state index in [0.717, 1.165) is 0 Å². The topological polar surface area (TPSA) is 411 Å². The van der Waals surface area contributed by atoms with Crippen LogP contribution in [0.2, 0.25) is 0 Å². The van der Waals surface area contributed by atoms with E-state index in [0.29, 0.717) is 99.1 Å². The normalized spacial score (nSPS) is 11.6. The molecule has 0 heterocycles. The van der Waals surface area contributed by atoms with Gasteiger partial charge in [0.15, 0.2) is 0 Å². The van der Waals surface area contributed by atoms with Crippen molar-refractivity contribution in [3.05, 3.63) is 31.3 Å². The Morgan fingerprint density at radius 3 is 0.945 bits per heavy atom. The Morgan fingerprint density at radius 1 is 0.370 bits per heavy atom. The highest BCUT2D eigenvalue weighted by Crippen LogP contribution is 2.12. The van der Waals surface area contributed by atoms with Crippen molar-refractivity contribution >= 4 is 29.6 Å². The minimum Gasteiger partial charge on any atom is -0.481 e. The maximum absolute atomic E-state index is 13.2. The van der Waals surface area contributed by atoms with Crippen LogP contribution in [0.4, 0.5) is 0 Å². The van der Waals surface area contributed by atoms with Gasteiger partial charge in [-0.3, -0.25) is 24.0 Å². The van der Waals surface area contributed by atoms with E-state index in [4.69, 9.17) is 78.5 Å². The number of hydrogen-bond donors (Lipinski definition) is 5. The number of carboxylic acid groups (broad SMARTS) is 1. The lowest BCUT2D eigenvalue weighted by Crippen LogP contribution is -2.58. The van der Waals surface area contributed by atoms with Gasteiger partial charge in [-0.05, 0) is 23.0 Å². The molecule has 0 spiro atoms. The molecule has 0 saturated heterocycles. The largest absolute Gasteiger partial charge is 0.481 e. The molecule has 0 aromatic rings. The summed E-state index contributed by atoms with van der Waals surface area (Å²) in [6.07, 6.45) is -0.482. The van der Waals surface area contributed by atoms with Gasteiger partial charge in [-0.2, -0.15) is 0 Å².